The Kier molecular flexibility index (Phi) is 6.57. The average Bonchev–Trinajstić information content (AvgIpc) is 3.57. The Morgan fingerprint density at radius 2 is 1.97 bits per heavy atom. The zero-order chi connectivity index (χ0) is 23.7. The number of para-hydroxylation sites is 1. The highest BCUT2D eigenvalue weighted by Gasteiger charge is 2.38. The third kappa shape index (κ3) is 4.81. The number of ether oxygens (including phenoxy) is 1. The highest BCUT2D eigenvalue weighted by atomic mass is 35.5. The van der Waals surface area contributed by atoms with Crippen LogP contribution < -0.4 is 4.74 Å². The first-order valence-corrected chi connectivity index (χ1v) is 12.6. The second-order valence-corrected chi connectivity index (χ2v) is 10.0. The Balaban J connectivity index is 1.35. The van der Waals surface area contributed by atoms with E-state index in [1.807, 2.05) is 11.4 Å². The van der Waals surface area contributed by atoms with Crippen LogP contribution in [0, 0.1) is 5.82 Å². The maximum Gasteiger partial charge on any atom is 0.254 e. The van der Waals surface area contributed by atoms with Crippen LogP contribution in [-0.4, -0.2) is 47.4 Å². The van der Waals surface area contributed by atoms with Gasteiger partial charge in [0.15, 0.2) is 11.6 Å². The minimum atomic E-state index is -0.436. The second-order valence-electron chi connectivity index (χ2n) is 8.57. The minimum Gasteiger partial charge on any atom is -0.488 e. The van der Waals surface area contributed by atoms with Gasteiger partial charge in [0.25, 0.3) is 5.91 Å². The van der Waals surface area contributed by atoms with Crippen molar-refractivity contribution in [2.75, 3.05) is 19.7 Å². The number of amides is 2. The van der Waals surface area contributed by atoms with E-state index in [0.717, 1.165) is 24.8 Å². The molecule has 1 aliphatic carbocycles. The van der Waals surface area contributed by atoms with Crippen LogP contribution >= 0.6 is 22.9 Å². The van der Waals surface area contributed by atoms with Gasteiger partial charge in [-0.1, -0.05) is 29.8 Å². The summed E-state index contributed by atoms with van der Waals surface area (Å²) >= 11 is 7.74. The van der Waals surface area contributed by atoms with Crippen LogP contribution in [0.2, 0.25) is 5.02 Å². The number of benzene rings is 2. The van der Waals surface area contributed by atoms with Crippen LogP contribution in [0.5, 0.6) is 5.75 Å². The van der Waals surface area contributed by atoms with Gasteiger partial charge >= 0.3 is 0 Å². The van der Waals surface area contributed by atoms with E-state index in [2.05, 4.69) is 0 Å². The number of halogens is 2. The Bertz CT molecular complexity index is 1210. The maximum absolute atomic E-state index is 14.1. The number of fused-ring (bicyclic) bond motifs is 1. The lowest BCUT2D eigenvalue weighted by Gasteiger charge is -2.37. The first-order chi connectivity index (χ1) is 16.5. The van der Waals surface area contributed by atoms with Gasteiger partial charge in [-0.15, -0.1) is 11.3 Å². The number of carbonyl (C=O) groups excluding carboxylic acids is 2. The van der Waals surface area contributed by atoms with Gasteiger partial charge < -0.3 is 14.5 Å². The molecular weight excluding hydrogens is 475 g/mol. The monoisotopic (exact) mass is 498 g/mol. The molecule has 0 spiro atoms. The Morgan fingerprint density at radius 3 is 2.74 bits per heavy atom. The van der Waals surface area contributed by atoms with Crippen molar-refractivity contribution in [2.45, 2.75) is 31.3 Å². The van der Waals surface area contributed by atoms with E-state index in [-0.39, 0.29) is 42.8 Å². The van der Waals surface area contributed by atoms with Gasteiger partial charge in [-0.25, -0.2) is 4.39 Å². The van der Waals surface area contributed by atoms with Gasteiger partial charge in [-0.2, -0.15) is 0 Å². The quantitative estimate of drug-likeness (QED) is 0.441. The van der Waals surface area contributed by atoms with Gasteiger partial charge in [-0.3, -0.25) is 9.59 Å². The maximum atomic E-state index is 14.1. The van der Waals surface area contributed by atoms with Gasteiger partial charge in [-0.05, 0) is 66.6 Å². The Labute approximate surface area is 206 Å². The van der Waals surface area contributed by atoms with E-state index in [4.69, 9.17) is 16.3 Å². The molecule has 0 saturated heterocycles. The zero-order valence-electron chi connectivity index (χ0n) is 18.5. The largest absolute Gasteiger partial charge is 0.488 e. The van der Waals surface area contributed by atoms with Crippen molar-refractivity contribution in [1.82, 2.24) is 9.80 Å². The average molecular weight is 499 g/mol. The summed E-state index contributed by atoms with van der Waals surface area (Å²) in [6.45, 7) is 0.662. The van der Waals surface area contributed by atoms with Crippen molar-refractivity contribution in [3.8, 4) is 5.75 Å². The van der Waals surface area contributed by atoms with Gasteiger partial charge in [0.05, 0.1) is 6.04 Å². The number of rotatable bonds is 7. The highest BCUT2D eigenvalue weighted by Crippen LogP contribution is 2.35. The van der Waals surface area contributed by atoms with Crippen molar-refractivity contribution in [3.05, 3.63) is 86.8 Å². The van der Waals surface area contributed by atoms with Gasteiger partial charge in [0, 0.05) is 28.0 Å². The third-order valence-electron chi connectivity index (χ3n) is 6.27. The number of thiophene rings is 1. The summed E-state index contributed by atoms with van der Waals surface area (Å²) < 4.78 is 19.9. The smallest absolute Gasteiger partial charge is 0.254 e. The lowest BCUT2D eigenvalue weighted by Crippen LogP contribution is -2.48. The molecule has 1 aliphatic heterocycles. The van der Waals surface area contributed by atoms with E-state index in [1.54, 1.807) is 63.6 Å². The fourth-order valence-corrected chi connectivity index (χ4v) is 5.50. The van der Waals surface area contributed by atoms with Gasteiger partial charge in [0.1, 0.15) is 13.2 Å². The van der Waals surface area contributed by atoms with Crippen LogP contribution in [0.15, 0.2) is 60.0 Å². The summed E-state index contributed by atoms with van der Waals surface area (Å²) in [5, 5.41) is 2.49. The van der Waals surface area contributed by atoms with Crippen LogP contribution in [0.3, 0.4) is 0 Å². The molecule has 5 rings (SSSR count). The molecule has 1 atom stereocenters. The van der Waals surface area contributed by atoms with Crippen molar-refractivity contribution in [3.63, 3.8) is 0 Å². The van der Waals surface area contributed by atoms with Crippen LogP contribution in [0.1, 0.15) is 39.7 Å². The molecule has 34 heavy (non-hydrogen) atoms. The van der Waals surface area contributed by atoms with E-state index >= 15 is 0 Å². The normalized spacial score (nSPS) is 17.2. The molecule has 1 aromatic heterocycles. The molecule has 8 heteroatoms. The molecule has 0 unspecified atom stereocenters. The lowest BCUT2D eigenvalue weighted by atomic mass is 10.0. The molecule has 2 heterocycles. The number of hydrogen-bond acceptors (Lipinski definition) is 4. The molecule has 1 fully saturated rings. The predicted octanol–water partition coefficient (Wildman–Crippen LogP) is 5.35. The summed E-state index contributed by atoms with van der Waals surface area (Å²) in [6, 6.07) is 14.8. The predicted molar refractivity (Wildman–Crippen MR) is 130 cm³/mol. The van der Waals surface area contributed by atoms with Crippen molar-refractivity contribution >= 4 is 34.8 Å². The minimum absolute atomic E-state index is 0.00825. The molecule has 1 saturated carbocycles. The summed E-state index contributed by atoms with van der Waals surface area (Å²) in [5.41, 5.74) is 1.51. The molecule has 0 N–H and O–H groups in total. The topological polar surface area (TPSA) is 49.9 Å². The first kappa shape index (κ1) is 22.9. The van der Waals surface area contributed by atoms with Crippen molar-refractivity contribution in [2.24, 2.45) is 0 Å². The fourth-order valence-electron chi connectivity index (χ4n) is 4.38. The van der Waals surface area contributed by atoms with Gasteiger partial charge in [0.2, 0.25) is 5.91 Å². The van der Waals surface area contributed by atoms with Crippen LogP contribution in [0.4, 0.5) is 4.39 Å². The van der Waals surface area contributed by atoms with E-state index in [1.165, 1.54) is 10.9 Å². The molecule has 0 bridgehead atoms. The van der Waals surface area contributed by atoms with Crippen molar-refractivity contribution in [1.29, 1.82) is 0 Å². The Morgan fingerprint density at radius 1 is 1.15 bits per heavy atom. The molecule has 176 valence electrons. The summed E-state index contributed by atoms with van der Waals surface area (Å²) in [6.07, 6.45) is 2.52. The van der Waals surface area contributed by atoms with E-state index in [9.17, 15) is 14.0 Å². The van der Waals surface area contributed by atoms with E-state index in [0.29, 0.717) is 17.1 Å². The number of nitrogens with zero attached hydrogens (tertiary/aromatic N) is 2. The highest BCUT2D eigenvalue weighted by molar-refractivity contribution is 7.10. The summed E-state index contributed by atoms with van der Waals surface area (Å²) in [4.78, 5) is 31.4. The summed E-state index contributed by atoms with van der Waals surface area (Å²) in [7, 11) is 0. The molecular formula is C26H24ClFN2O3S. The third-order valence-corrected chi connectivity index (χ3v) is 7.51. The summed E-state index contributed by atoms with van der Waals surface area (Å²) in [5.74, 6) is -0.603. The zero-order valence-corrected chi connectivity index (χ0v) is 20.0. The van der Waals surface area contributed by atoms with Crippen LogP contribution in [-0.2, 0) is 11.2 Å². The van der Waals surface area contributed by atoms with Crippen LogP contribution in [0.25, 0.3) is 0 Å². The Hall–Kier alpha value is -2.90. The standard InChI is InChI=1S/C26H24ClFN2O3S/c27-18-5-3-4-17(14-18)26(32)30(19-8-9-19)15-25(31)29-12-10-24-20(11-13-34-24)22(29)16-33-23-7-2-1-6-21(23)28/h1-7,11,13-14,19,22H,8-10,12,15-16H2/t22-/m1/s1. The lowest BCUT2D eigenvalue weighted by molar-refractivity contribution is -0.135. The van der Waals surface area contributed by atoms with E-state index < -0.39 is 5.82 Å². The molecule has 3 aromatic rings. The molecule has 5 nitrogen and oxygen atoms in total. The first-order valence-electron chi connectivity index (χ1n) is 11.3. The fraction of sp³-hybridized carbons (Fsp3) is 0.308. The molecule has 2 aliphatic rings. The number of hydrogen-bond donors (Lipinski definition) is 0. The number of carbonyl (C=O) groups is 2. The molecule has 2 amide bonds. The molecule has 2 aromatic carbocycles. The second kappa shape index (κ2) is 9.76. The SMILES string of the molecule is O=C(c1cccc(Cl)c1)N(CC(=O)N1CCc2sccc2[C@H]1COc1ccccc1F)C1CC1. The molecule has 0 radical (unpaired) electrons. The van der Waals surface area contributed by atoms with Crippen molar-refractivity contribution < 1.29 is 18.7 Å².